The van der Waals surface area contributed by atoms with Crippen molar-refractivity contribution in [2.24, 2.45) is 0 Å². The predicted molar refractivity (Wildman–Crippen MR) is 73.2 cm³/mol. The van der Waals surface area contributed by atoms with E-state index >= 15 is 0 Å². The van der Waals surface area contributed by atoms with Crippen LogP contribution in [0.4, 0.5) is 0 Å². The molecule has 0 unspecified atom stereocenters. The highest BCUT2D eigenvalue weighted by Crippen LogP contribution is 2.28. The van der Waals surface area contributed by atoms with Gasteiger partial charge in [0.2, 0.25) is 0 Å². The molecular formula is C15H15NO4. The summed E-state index contributed by atoms with van der Waals surface area (Å²) in [4.78, 5) is 15.3. The Balaban J connectivity index is 2.00. The molecule has 1 aliphatic heterocycles. The number of pyridine rings is 1. The Morgan fingerprint density at radius 2 is 2.05 bits per heavy atom. The number of carboxylic acids is 1. The van der Waals surface area contributed by atoms with Crippen molar-refractivity contribution < 1.29 is 19.4 Å². The van der Waals surface area contributed by atoms with Gasteiger partial charge >= 0.3 is 5.97 Å². The Kier molecular flexibility index (Phi) is 3.52. The molecule has 1 aliphatic rings. The van der Waals surface area contributed by atoms with Crippen LogP contribution in [0, 0.1) is 0 Å². The monoisotopic (exact) mass is 273 g/mol. The lowest BCUT2D eigenvalue weighted by Crippen LogP contribution is -2.26. The molecule has 1 aromatic heterocycles. The van der Waals surface area contributed by atoms with Crippen molar-refractivity contribution in [2.75, 3.05) is 13.2 Å². The van der Waals surface area contributed by atoms with Crippen LogP contribution in [0.1, 0.15) is 23.3 Å². The summed E-state index contributed by atoms with van der Waals surface area (Å²) in [6.45, 7) is 1.36. The molecule has 1 saturated heterocycles. The van der Waals surface area contributed by atoms with Crippen LogP contribution in [0.5, 0.6) is 5.75 Å². The molecule has 0 spiro atoms. The van der Waals surface area contributed by atoms with E-state index in [9.17, 15) is 4.79 Å². The Labute approximate surface area is 116 Å². The number of fused-ring (bicyclic) bond motifs is 1. The fourth-order valence-electron chi connectivity index (χ4n) is 2.32. The van der Waals surface area contributed by atoms with Crippen LogP contribution in [0.3, 0.4) is 0 Å². The standard InChI is InChI=1S/C15H15NO4/c17-15(18)13-9-14(20-10-5-7-19-8-6-10)11-3-1-2-4-12(11)16-13/h1-4,9-10H,5-8H2,(H,17,18). The number of hydrogen-bond acceptors (Lipinski definition) is 4. The molecule has 0 amide bonds. The minimum Gasteiger partial charge on any atom is -0.489 e. The van der Waals surface area contributed by atoms with E-state index in [1.165, 1.54) is 6.07 Å². The topological polar surface area (TPSA) is 68.7 Å². The second-order valence-electron chi connectivity index (χ2n) is 4.76. The summed E-state index contributed by atoms with van der Waals surface area (Å²) in [5.74, 6) is -0.465. The van der Waals surface area contributed by atoms with Gasteiger partial charge in [-0.1, -0.05) is 12.1 Å². The normalized spacial score (nSPS) is 16.2. The number of benzene rings is 1. The third-order valence-corrected chi connectivity index (χ3v) is 3.36. The minimum atomic E-state index is -1.05. The van der Waals surface area contributed by atoms with Gasteiger partial charge in [-0.15, -0.1) is 0 Å². The summed E-state index contributed by atoms with van der Waals surface area (Å²) in [5, 5.41) is 9.97. The Morgan fingerprint density at radius 3 is 2.80 bits per heavy atom. The third-order valence-electron chi connectivity index (χ3n) is 3.36. The number of carboxylic acid groups (broad SMARTS) is 1. The molecule has 1 aromatic carbocycles. The molecule has 5 nitrogen and oxygen atoms in total. The van der Waals surface area contributed by atoms with Gasteiger partial charge in [0.05, 0.1) is 18.7 Å². The predicted octanol–water partition coefficient (Wildman–Crippen LogP) is 2.49. The summed E-state index contributed by atoms with van der Waals surface area (Å²) < 4.78 is 11.3. The SMILES string of the molecule is O=C(O)c1cc(OC2CCOCC2)c2ccccc2n1. The van der Waals surface area contributed by atoms with Gasteiger partial charge in [0.25, 0.3) is 0 Å². The molecule has 1 N–H and O–H groups in total. The van der Waals surface area contributed by atoms with Crippen molar-refractivity contribution in [3.8, 4) is 5.75 Å². The lowest BCUT2D eigenvalue weighted by Gasteiger charge is -2.24. The van der Waals surface area contributed by atoms with Crippen LogP contribution < -0.4 is 4.74 Å². The summed E-state index contributed by atoms with van der Waals surface area (Å²) in [5.41, 5.74) is 0.639. The van der Waals surface area contributed by atoms with Crippen molar-refractivity contribution in [3.05, 3.63) is 36.0 Å². The number of para-hydroxylation sites is 1. The molecule has 0 aliphatic carbocycles. The van der Waals surface area contributed by atoms with Gasteiger partial charge in [0.15, 0.2) is 5.69 Å². The van der Waals surface area contributed by atoms with Crippen molar-refractivity contribution in [3.63, 3.8) is 0 Å². The average Bonchev–Trinajstić information content (AvgIpc) is 2.48. The van der Waals surface area contributed by atoms with Crippen molar-refractivity contribution >= 4 is 16.9 Å². The lowest BCUT2D eigenvalue weighted by molar-refractivity contribution is 0.0260. The number of hydrogen-bond donors (Lipinski definition) is 1. The van der Waals surface area contributed by atoms with Gasteiger partial charge in [-0.25, -0.2) is 9.78 Å². The first-order valence-electron chi connectivity index (χ1n) is 6.61. The molecule has 3 rings (SSSR count). The maximum absolute atomic E-state index is 11.2. The van der Waals surface area contributed by atoms with E-state index in [2.05, 4.69) is 4.98 Å². The highest BCUT2D eigenvalue weighted by atomic mass is 16.5. The molecule has 2 heterocycles. The Morgan fingerprint density at radius 1 is 1.30 bits per heavy atom. The fourth-order valence-corrected chi connectivity index (χ4v) is 2.32. The van der Waals surface area contributed by atoms with Crippen LogP contribution in [0.15, 0.2) is 30.3 Å². The van der Waals surface area contributed by atoms with Crippen molar-refractivity contribution in [2.45, 2.75) is 18.9 Å². The number of aromatic carboxylic acids is 1. The first-order chi connectivity index (χ1) is 9.74. The first-order valence-corrected chi connectivity index (χ1v) is 6.61. The van der Waals surface area contributed by atoms with Crippen molar-refractivity contribution in [1.82, 2.24) is 4.98 Å². The summed E-state index contributed by atoms with van der Waals surface area (Å²) in [6, 6.07) is 8.90. The quantitative estimate of drug-likeness (QED) is 0.930. The van der Waals surface area contributed by atoms with E-state index in [4.69, 9.17) is 14.6 Å². The Bertz CT molecular complexity index is 635. The highest BCUT2D eigenvalue weighted by Gasteiger charge is 2.18. The van der Waals surface area contributed by atoms with E-state index in [1.807, 2.05) is 18.2 Å². The van der Waals surface area contributed by atoms with E-state index < -0.39 is 5.97 Å². The van der Waals surface area contributed by atoms with Gasteiger partial charge < -0.3 is 14.6 Å². The molecule has 5 heteroatoms. The largest absolute Gasteiger partial charge is 0.489 e. The summed E-state index contributed by atoms with van der Waals surface area (Å²) >= 11 is 0. The highest BCUT2D eigenvalue weighted by molar-refractivity contribution is 5.93. The molecular weight excluding hydrogens is 258 g/mol. The number of aromatic nitrogens is 1. The van der Waals surface area contributed by atoms with E-state index in [-0.39, 0.29) is 11.8 Å². The molecule has 104 valence electrons. The molecule has 0 atom stereocenters. The van der Waals surface area contributed by atoms with Crippen molar-refractivity contribution in [1.29, 1.82) is 0 Å². The Hall–Kier alpha value is -2.14. The zero-order valence-electron chi connectivity index (χ0n) is 10.9. The van der Waals surface area contributed by atoms with E-state index in [0.717, 1.165) is 18.2 Å². The lowest BCUT2D eigenvalue weighted by atomic mass is 10.1. The maximum Gasteiger partial charge on any atom is 0.354 e. The van der Waals surface area contributed by atoms with Gasteiger partial charge in [0, 0.05) is 24.3 Å². The van der Waals surface area contributed by atoms with Crippen LogP contribution in [-0.4, -0.2) is 35.4 Å². The fraction of sp³-hybridized carbons (Fsp3) is 0.333. The van der Waals surface area contributed by atoms with Gasteiger partial charge in [-0.2, -0.15) is 0 Å². The molecule has 0 saturated carbocycles. The average molecular weight is 273 g/mol. The first kappa shape index (κ1) is 12.9. The molecule has 1 fully saturated rings. The minimum absolute atomic E-state index is 0.00533. The molecule has 2 aromatic rings. The summed E-state index contributed by atoms with van der Waals surface area (Å²) in [6.07, 6.45) is 1.70. The zero-order chi connectivity index (χ0) is 13.9. The van der Waals surface area contributed by atoms with E-state index in [1.54, 1.807) is 6.07 Å². The number of carbonyl (C=O) groups is 1. The molecule has 20 heavy (non-hydrogen) atoms. The van der Waals surface area contributed by atoms with Crippen LogP contribution in [0.25, 0.3) is 10.9 Å². The zero-order valence-corrected chi connectivity index (χ0v) is 10.9. The number of nitrogens with zero attached hydrogens (tertiary/aromatic N) is 1. The smallest absolute Gasteiger partial charge is 0.354 e. The third kappa shape index (κ3) is 2.58. The second kappa shape index (κ2) is 5.46. The van der Waals surface area contributed by atoms with E-state index in [0.29, 0.717) is 24.5 Å². The van der Waals surface area contributed by atoms with Crippen LogP contribution >= 0.6 is 0 Å². The molecule has 0 bridgehead atoms. The number of rotatable bonds is 3. The van der Waals surface area contributed by atoms with Crippen LogP contribution in [-0.2, 0) is 4.74 Å². The van der Waals surface area contributed by atoms with Crippen LogP contribution in [0.2, 0.25) is 0 Å². The molecule has 0 radical (unpaired) electrons. The van der Waals surface area contributed by atoms with Gasteiger partial charge in [-0.05, 0) is 12.1 Å². The summed E-state index contributed by atoms with van der Waals surface area (Å²) in [7, 11) is 0. The van der Waals surface area contributed by atoms with Gasteiger partial charge in [0.1, 0.15) is 11.9 Å². The maximum atomic E-state index is 11.2. The number of ether oxygens (including phenoxy) is 2. The van der Waals surface area contributed by atoms with Gasteiger partial charge in [-0.3, -0.25) is 0 Å². The second-order valence-corrected chi connectivity index (χ2v) is 4.76.